The first-order valence-corrected chi connectivity index (χ1v) is 4.73. The van der Waals surface area contributed by atoms with Gasteiger partial charge in [-0.15, -0.1) is 0 Å². The molecule has 0 radical (unpaired) electrons. The Kier molecular flexibility index (Phi) is 4.13. The van der Waals surface area contributed by atoms with E-state index < -0.39 is 0 Å². The molecular weight excluding hydrogens is 176 g/mol. The predicted octanol–water partition coefficient (Wildman–Crippen LogP) is 1.41. The Bertz CT molecular complexity index is 310. The molecule has 1 amide bonds. The summed E-state index contributed by atoms with van der Waals surface area (Å²) in [5.74, 6) is -0.0317. The van der Waals surface area contributed by atoms with Gasteiger partial charge < -0.3 is 10.6 Å². The third kappa shape index (κ3) is 3.58. The molecule has 2 N–H and O–H groups in total. The fraction of sp³-hybridized carbons (Fsp3) is 0.364. The van der Waals surface area contributed by atoms with Crippen molar-refractivity contribution < 1.29 is 4.79 Å². The number of hydrogen-bond donors (Lipinski definition) is 2. The van der Waals surface area contributed by atoms with Crippen LogP contribution in [0.3, 0.4) is 0 Å². The molecule has 0 aliphatic carbocycles. The maximum atomic E-state index is 10.8. The SMILES string of the molecule is CNCCc1cccc(NC(C)=O)c1. The molecule has 1 rings (SSSR count). The summed E-state index contributed by atoms with van der Waals surface area (Å²) in [6, 6.07) is 7.90. The van der Waals surface area contributed by atoms with Gasteiger partial charge in [0.2, 0.25) is 5.91 Å². The van der Waals surface area contributed by atoms with Crippen LogP contribution >= 0.6 is 0 Å². The van der Waals surface area contributed by atoms with Gasteiger partial charge in [0.1, 0.15) is 0 Å². The first kappa shape index (κ1) is 10.7. The van der Waals surface area contributed by atoms with Crippen LogP contribution in [-0.4, -0.2) is 19.5 Å². The zero-order valence-corrected chi connectivity index (χ0v) is 8.63. The first-order chi connectivity index (χ1) is 6.72. The van der Waals surface area contributed by atoms with Crippen LogP contribution in [0.15, 0.2) is 24.3 Å². The molecule has 3 nitrogen and oxygen atoms in total. The highest BCUT2D eigenvalue weighted by atomic mass is 16.1. The monoisotopic (exact) mass is 192 g/mol. The van der Waals surface area contributed by atoms with E-state index in [2.05, 4.69) is 16.7 Å². The van der Waals surface area contributed by atoms with Crippen molar-refractivity contribution in [1.29, 1.82) is 0 Å². The van der Waals surface area contributed by atoms with Crippen molar-refractivity contribution in [2.24, 2.45) is 0 Å². The highest BCUT2D eigenvalue weighted by molar-refractivity contribution is 5.88. The van der Waals surface area contributed by atoms with E-state index in [0.717, 1.165) is 18.7 Å². The Morgan fingerprint density at radius 1 is 1.43 bits per heavy atom. The average molecular weight is 192 g/mol. The second-order valence-corrected chi connectivity index (χ2v) is 3.24. The molecule has 0 saturated heterocycles. The van der Waals surface area contributed by atoms with Crippen LogP contribution in [0.2, 0.25) is 0 Å². The molecule has 0 bridgehead atoms. The zero-order chi connectivity index (χ0) is 10.4. The highest BCUT2D eigenvalue weighted by Gasteiger charge is 1.96. The molecule has 14 heavy (non-hydrogen) atoms. The van der Waals surface area contributed by atoms with Crippen LogP contribution in [0.5, 0.6) is 0 Å². The molecule has 0 aliphatic heterocycles. The Morgan fingerprint density at radius 3 is 2.86 bits per heavy atom. The topological polar surface area (TPSA) is 41.1 Å². The third-order valence-electron chi connectivity index (χ3n) is 1.91. The predicted molar refractivity (Wildman–Crippen MR) is 58.4 cm³/mol. The van der Waals surface area contributed by atoms with Crippen LogP contribution in [0.25, 0.3) is 0 Å². The van der Waals surface area contributed by atoms with Gasteiger partial charge in [-0.3, -0.25) is 4.79 Å². The number of likely N-dealkylation sites (N-methyl/N-ethyl adjacent to an activating group) is 1. The number of carbonyl (C=O) groups is 1. The summed E-state index contributed by atoms with van der Waals surface area (Å²) >= 11 is 0. The van der Waals surface area contributed by atoms with Crippen molar-refractivity contribution in [3.8, 4) is 0 Å². The quantitative estimate of drug-likeness (QED) is 0.757. The molecule has 0 aliphatic rings. The Hall–Kier alpha value is -1.35. The lowest BCUT2D eigenvalue weighted by Crippen LogP contribution is -2.11. The second kappa shape index (κ2) is 5.40. The first-order valence-electron chi connectivity index (χ1n) is 4.73. The molecule has 1 aromatic rings. The summed E-state index contributed by atoms with van der Waals surface area (Å²) < 4.78 is 0. The van der Waals surface area contributed by atoms with E-state index in [1.807, 2.05) is 25.2 Å². The lowest BCUT2D eigenvalue weighted by atomic mass is 10.1. The van der Waals surface area contributed by atoms with Gasteiger partial charge in [-0.2, -0.15) is 0 Å². The molecule has 0 fully saturated rings. The third-order valence-corrected chi connectivity index (χ3v) is 1.91. The van der Waals surface area contributed by atoms with Gasteiger partial charge in [-0.1, -0.05) is 12.1 Å². The molecule has 0 unspecified atom stereocenters. The lowest BCUT2D eigenvalue weighted by Gasteiger charge is -2.05. The molecule has 76 valence electrons. The van der Waals surface area contributed by atoms with E-state index in [-0.39, 0.29) is 5.91 Å². The largest absolute Gasteiger partial charge is 0.326 e. The molecule has 0 saturated carbocycles. The number of nitrogens with one attached hydrogen (secondary N) is 2. The fourth-order valence-corrected chi connectivity index (χ4v) is 1.28. The van der Waals surface area contributed by atoms with Gasteiger partial charge in [0.25, 0.3) is 0 Å². The van der Waals surface area contributed by atoms with Gasteiger partial charge >= 0.3 is 0 Å². The van der Waals surface area contributed by atoms with Crippen molar-refractivity contribution >= 4 is 11.6 Å². The van der Waals surface area contributed by atoms with Gasteiger partial charge in [-0.25, -0.2) is 0 Å². The van der Waals surface area contributed by atoms with E-state index in [0.29, 0.717) is 0 Å². The van der Waals surface area contributed by atoms with Gasteiger partial charge in [0.05, 0.1) is 0 Å². The van der Waals surface area contributed by atoms with E-state index in [9.17, 15) is 4.79 Å². The summed E-state index contributed by atoms with van der Waals surface area (Å²) in [5.41, 5.74) is 2.09. The van der Waals surface area contributed by atoms with Crippen molar-refractivity contribution in [1.82, 2.24) is 5.32 Å². The van der Waals surface area contributed by atoms with Gasteiger partial charge in [0.15, 0.2) is 0 Å². The van der Waals surface area contributed by atoms with Crippen LogP contribution in [0, 0.1) is 0 Å². The maximum Gasteiger partial charge on any atom is 0.221 e. The van der Waals surface area contributed by atoms with Crippen LogP contribution in [0.4, 0.5) is 5.69 Å². The Labute approximate surface area is 84.5 Å². The minimum Gasteiger partial charge on any atom is -0.326 e. The number of hydrogen-bond acceptors (Lipinski definition) is 2. The maximum absolute atomic E-state index is 10.8. The summed E-state index contributed by atoms with van der Waals surface area (Å²) in [6.45, 7) is 2.46. The van der Waals surface area contributed by atoms with Gasteiger partial charge in [0, 0.05) is 12.6 Å². The Morgan fingerprint density at radius 2 is 2.21 bits per heavy atom. The van der Waals surface area contributed by atoms with Crippen molar-refractivity contribution in [3.63, 3.8) is 0 Å². The fourth-order valence-electron chi connectivity index (χ4n) is 1.28. The minimum atomic E-state index is -0.0317. The van der Waals surface area contributed by atoms with Crippen molar-refractivity contribution in [3.05, 3.63) is 29.8 Å². The molecule has 0 aromatic heterocycles. The van der Waals surface area contributed by atoms with E-state index in [4.69, 9.17) is 0 Å². The summed E-state index contributed by atoms with van der Waals surface area (Å²) in [6.07, 6.45) is 0.976. The lowest BCUT2D eigenvalue weighted by molar-refractivity contribution is -0.114. The highest BCUT2D eigenvalue weighted by Crippen LogP contribution is 2.10. The summed E-state index contributed by atoms with van der Waals surface area (Å²) in [4.78, 5) is 10.8. The van der Waals surface area contributed by atoms with E-state index in [1.165, 1.54) is 12.5 Å². The van der Waals surface area contributed by atoms with Gasteiger partial charge in [-0.05, 0) is 37.7 Å². The average Bonchev–Trinajstić information content (AvgIpc) is 2.14. The van der Waals surface area contributed by atoms with Crippen LogP contribution in [0.1, 0.15) is 12.5 Å². The van der Waals surface area contributed by atoms with Crippen molar-refractivity contribution in [2.45, 2.75) is 13.3 Å². The number of benzene rings is 1. The van der Waals surface area contributed by atoms with E-state index in [1.54, 1.807) is 0 Å². The number of anilines is 1. The molecule has 1 aromatic carbocycles. The number of amides is 1. The summed E-state index contributed by atoms with van der Waals surface area (Å²) in [7, 11) is 1.93. The van der Waals surface area contributed by atoms with Crippen molar-refractivity contribution in [2.75, 3.05) is 18.9 Å². The molecule has 0 heterocycles. The second-order valence-electron chi connectivity index (χ2n) is 3.24. The van der Waals surface area contributed by atoms with E-state index >= 15 is 0 Å². The Balaban J connectivity index is 2.63. The normalized spacial score (nSPS) is 9.86. The number of carbonyl (C=O) groups excluding carboxylic acids is 1. The standard InChI is InChI=1S/C11H16N2O/c1-9(14)13-11-5-3-4-10(8-11)6-7-12-2/h3-5,8,12H,6-7H2,1-2H3,(H,13,14). The van der Waals surface area contributed by atoms with Crippen LogP contribution in [-0.2, 0) is 11.2 Å². The summed E-state index contributed by atoms with van der Waals surface area (Å²) in [5, 5.41) is 5.85. The molecule has 0 spiro atoms. The molecule has 3 heteroatoms. The smallest absolute Gasteiger partial charge is 0.221 e. The minimum absolute atomic E-state index is 0.0317. The molecular formula is C11H16N2O. The molecule has 0 atom stereocenters. The zero-order valence-electron chi connectivity index (χ0n) is 8.63. The number of rotatable bonds is 4. The van der Waals surface area contributed by atoms with Crippen LogP contribution < -0.4 is 10.6 Å².